The molecule has 0 saturated heterocycles. The van der Waals surface area contributed by atoms with Crippen molar-refractivity contribution in [2.45, 2.75) is 26.7 Å². The molecular weight excluding hydrogens is 412 g/mol. The van der Waals surface area contributed by atoms with E-state index >= 15 is 0 Å². The Balaban J connectivity index is 1.63. The zero-order chi connectivity index (χ0) is 22.9. The number of anilines is 2. The molecule has 0 saturated carbocycles. The molecule has 0 N–H and O–H groups in total. The maximum Gasteiger partial charge on any atom is 0.282 e. The molecule has 0 spiro atoms. The van der Waals surface area contributed by atoms with Gasteiger partial charge in [-0.3, -0.25) is 9.59 Å². The van der Waals surface area contributed by atoms with Crippen LogP contribution in [0.5, 0.6) is 5.75 Å². The molecule has 5 heteroatoms. The summed E-state index contributed by atoms with van der Waals surface area (Å²) in [6.07, 6.45) is 1.76. The van der Waals surface area contributed by atoms with Gasteiger partial charge < -0.3 is 9.64 Å². The molecule has 3 aromatic carbocycles. The zero-order valence-electron chi connectivity index (χ0n) is 18.9. The molecule has 0 unspecified atom stereocenters. The van der Waals surface area contributed by atoms with E-state index in [1.807, 2.05) is 78.6 Å². The third kappa shape index (κ3) is 3.59. The molecule has 2 aliphatic rings. The number of carbonyl (C=O) groups excluding carboxylic acids is 2. The molecule has 0 aliphatic carbocycles. The Kier molecular flexibility index (Phi) is 5.47. The summed E-state index contributed by atoms with van der Waals surface area (Å²) in [5, 5.41) is 0. The first kappa shape index (κ1) is 21.0. The lowest BCUT2D eigenvalue weighted by Crippen LogP contribution is -2.35. The number of para-hydroxylation sites is 2. The fraction of sp³-hybridized carbons (Fsp3) is 0.214. The second kappa shape index (κ2) is 8.58. The van der Waals surface area contributed by atoms with Gasteiger partial charge in [0, 0.05) is 12.2 Å². The molecule has 0 radical (unpaired) electrons. The van der Waals surface area contributed by atoms with Crippen LogP contribution in [0.4, 0.5) is 11.4 Å². The Morgan fingerprint density at radius 2 is 1.55 bits per heavy atom. The van der Waals surface area contributed by atoms with Crippen molar-refractivity contribution in [2.24, 2.45) is 0 Å². The Labute approximate surface area is 193 Å². The van der Waals surface area contributed by atoms with Crippen molar-refractivity contribution in [3.63, 3.8) is 0 Å². The molecule has 0 atom stereocenters. The quantitative estimate of drug-likeness (QED) is 0.501. The van der Waals surface area contributed by atoms with Crippen LogP contribution in [0, 0.1) is 6.92 Å². The first-order valence-electron chi connectivity index (χ1n) is 11.4. The van der Waals surface area contributed by atoms with Gasteiger partial charge in [-0.25, -0.2) is 4.90 Å². The molecule has 0 aromatic heterocycles. The number of carbonyl (C=O) groups is 2. The van der Waals surface area contributed by atoms with Crippen LogP contribution < -0.4 is 14.5 Å². The maximum atomic E-state index is 13.8. The largest absolute Gasteiger partial charge is 0.494 e. The van der Waals surface area contributed by atoms with Crippen LogP contribution in [0.1, 0.15) is 30.0 Å². The Bertz CT molecular complexity index is 1260. The third-order valence-corrected chi connectivity index (χ3v) is 6.19. The summed E-state index contributed by atoms with van der Waals surface area (Å²) in [6.45, 7) is 5.27. The van der Waals surface area contributed by atoms with Gasteiger partial charge in [-0.15, -0.1) is 0 Å². The number of benzene rings is 3. The van der Waals surface area contributed by atoms with E-state index in [1.165, 1.54) is 10.5 Å². The van der Waals surface area contributed by atoms with E-state index in [4.69, 9.17) is 4.74 Å². The van der Waals surface area contributed by atoms with Crippen molar-refractivity contribution < 1.29 is 14.3 Å². The van der Waals surface area contributed by atoms with Gasteiger partial charge in [0.05, 0.1) is 17.9 Å². The maximum absolute atomic E-state index is 13.8. The predicted molar refractivity (Wildman–Crippen MR) is 130 cm³/mol. The number of aryl methyl sites for hydroxylation is 1. The molecule has 166 valence electrons. The van der Waals surface area contributed by atoms with Crippen LogP contribution in [0.3, 0.4) is 0 Å². The molecule has 2 aliphatic heterocycles. The zero-order valence-corrected chi connectivity index (χ0v) is 18.9. The van der Waals surface area contributed by atoms with E-state index in [2.05, 4.69) is 13.0 Å². The molecule has 0 fully saturated rings. The van der Waals surface area contributed by atoms with E-state index < -0.39 is 0 Å². The molecule has 0 bridgehead atoms. The van der Waals surface area contributed by atoms with Crippen molar-refractivity contribution in [3.05, 3.63) is 95.2 Å². The monoisotopic (exact) mass is 438 g/mol. The fourth-order valence-electron chi connectivity index (χ4n) is 4.57. The van der Waals surface area contributed by atoms with Crippen LogP contribution >= 0.6 is 0 Å². The molecule has 5 nitrogen and oxygen atoms in total. The second-order valence-corrected chi connectivity index (χ2v) is 8.36. The summed E-state index contributed by atoms with van der Waals surface area (Å²) >= 11 is 0. The fourth-order valence-corrected chi connectivity index (χ4v) is 4.57. The molecule has 3 aromatic rings. The number of hydrogen-bond acceptors (Lipinski definition) is 4. The lowest BCUT2D eigenvalue weighted by molar-refractivity contribution is -0.120. The Morgan fingerprint density at radius 1 is 0.848 bits per heavy atom. The van der Waals surface area contributed by atoms with Crippen LogP contribution in [0.15, 0.2) is 78.5 Å². The van der Waals surface area contributed by atoms with E-state index in [0.717, 1.165) is 29.8 Å². The number of nitrogens with zero attached hydrogens (tertiary/aromatic N) is 2. The van der Waals surface area contributed by atoms with Gasteiger partial charge in [0.25, 0.3) is 11.8 Å². The Hall–Kier alpha value is -3.86. The van der Waals surface area contributed by atoms with Crippen LogP contribution in [-0.4, -0.2) is 25.0 Å². The van der Waals surface area contributed by atoms with E-state index in [-0.39, 0.29) is 11.8 Å². The second-order valence-electron chi connectivity index (χ2n) is 8.36. The van der Waals surface area contributed by atoms with Gasteiger partial charge in [-0.05, 0) is 60.7 Å². The summed E-state index contributed by atoms with van der Waals surface area (Å²) in [5.74, 6) is 0.171. The van der Waals surface area contributed by atoms with Gasteiger partial charge in [0.1, 0.15) is 11.4 Å². The van der Waals surface area contributed by atoms with Gasteiger partial charge in [-0.2, -0.15) is 0 Å². The Morgan fingerprint density at radius 3 is 2.27 bits per heavy atom. The number of fused-ring (bicyclic) bond motifs is 1. The standard InChI is InChI=1S/C28H26N2O3/c1-3-18-33-22-14-12-21(13-15-22)25-26(29-17-16-20-9-5-7-11-24(20)29)28(32)30(27(25)31)23-10-6-4-8-19(23)2/h4-15H,3,16-18H2,1-2H3. The molecule has 33 heavy (non-hydrogen) atoms. The van der Waals surface area contributed by atoms with Crippen LogP contribution in [0.2, 0.25) is 0 Å². The van der Waals surface area contributed by atoms with Crippen molar-refractivity contribution >= 4 is 28.8 Å². The third-order valence-electron chi connectivity index (χ3n) is 6.19. The minimum absolute atomic E-state index is 0.285. The number of hydrogen-bond donors (Lipinski definition) is 0. The summed E-state index contributed by atoms with van der Waals surface area (Å²) in [7, 11) is 0. The number of ether oxygens (including phenoxy) is 1. The number of amides is 2. The normalized spacial score (nSPS) is 15.5. The van der Waals surface area contributed by atoms with Gasteiger partial charge in [0.15, 0.2) is 0 Å². The summed E-state index contributed by atoms with van der Waals surface area (Å²) < 4.78 is 5.71. The first-order valence-corrected chi connectivity index (χ1v) is 11.4. The average molecular weight is 439 g/mol. The molecule has 2 amide bonds. The lowest BCUT2D eigenvalue weighted by atomic mass is 10.0. The topological polar surface area (TPSA) is 49.9 Å². The average Bonchev–Trinajstić information content (AvgIpc) is 3.36. The molecule has 2 heterocycles. The number of imide groups is 1. The highest BCUT2D eigenvalue weighted by molar-refractivity contribution is 6.46. The van der Waals surface area contributed by atoms with Crippen molar-refractivity contribution in [3.8, 4) is 5.75 Å². The highest BCUT2D eigenvalue weighted by atomic mass is 16.5. The summed E-state index contributed by atoms with van der Waals surface area (Å²) in [6, 6.07) is 23.0. The smallest absolute Gasteiger partial charge is 0.282 e. The van der Waals surface area contributed by atoms with E-state index in [9.17, 15) is 9.59 Å². The molecular formula is C28H26N2O3. The van der Waals surface area contributed by atoms with Gasteiger partial charge >= 0.3 is 0 Å². The molecule has 5 rings (SSSR count). The van der Waals surface area contributed by atoms with Gasteiger partial charge in [0.2, 0.25) is 0 Å². The van der Waals surface area contributed by atoms with E-state index in [0.29, 0.717) is 35.7 Å². The SMILES string of the molecule is CCCOc1ccc(C2=C(N3CCc4ccccc43)C(=O)N(c3ccccc3C)C2=O)cc1. The lowest BCUT2D eigenvalue weighted by Gasteiger charge is -2.22. The van der Waals surface area contributed by atoms with Crippen molar-refractivity contribution in [1.29, 1.82) is 0 Å². The first-order chi connectivity index (χ1) is 16.1. The minimum atomic E-state index is -0.295. The highest BCUT2D eigenvalue weighted by Crippen LogP contribution is 2.40. The van der Waals surface area contributed by atoms with Crippen LogP contribution in [0.25, 0.3) is 5.57 Å². The minimum Gasteiger partial charge on any atom is -0.494 e. The number of rotatable bonds is 6. The van der Waals surface area contributed by atoms with Gasteiger partial charge in [-0.1, -0.05) is 55.5 Å². The highest BCUT2D eigenvalue weighted by Gasteiger charge is 2.44. The van der Waals surface area contributed by atoms with Crippen LogP contribution in [-0.2, 0) is 16.0 Å². The van der Waals surface area contributed by atoms with Crippen molar-refractivity contribution in [2.75, 3.05) is 23.0 Å². The summed E-state index contributed by atoms with van der Waals surface area (Å²) in [4.78, 5) is 31.0. The predicted octanol–water partition coefficient (Wildman–Crippen LogP) is 5.13. The summed E-state index contributed by atoms with van der Waals surface area (Å²) in [5.41, 5.74) is 5.26. The van der Waals surface area contributed by atoms with Crippen molar-refractivity contribution in [1.82, 2.24) is 0 Å². The van der Waals surface area contributed by atoms with E-state index in [1.54, 1.807) is 0 Å².